The van der Waals surface area contributed by atoms with E-state index >= 15 is 0 Å². The van der Waals surface area contributed by atoms with E-state index in [1.807, 2.05) is 0 Å². The molecular formula is C11H14ClN5O3. The summed E-state index contributed by atoms with van der Waals surface area (Å²) in [6, 6.07) is -0.613. The van der Waals surface area contributed by atoms with Crippen molar-refractivity contribution >= 4 is 29.0 Å². The Kier molecular flexibility index (Phi) is 4.33. The van der Waals surface area contributed by atoms with Crippen molar-refractivity contribution in [3.05, 3.63) is 21.6 Å². The number of hydrogen-bond donors (Lipinski definition) is 1. The molecule has 8 nitrogen and oxygen atoms in total. The number of aromatic nitrogens is 2. The molecule has 1 saturated heterocycles. The van der Waals surface area contributed by atoms with E-state index in [9.17, 15) is 14.9 Å². The zero-order valence-corrected chi connectivity index (χ0v) is 11.6. The van der Waals surface area contributed by atoms with Gasteiger partial charge in [0.2, 0.25) is 16.9 Å². The van der Waals surface area contributed by atoms with E-state index in [2.05, 4.69) is 15.3 Å². The van der Waals surface area contributed by atoms with Gasteiger partial charge < -0.3 is 10.2 Å². The van der Waals surface area contributed by atoms with Gasteiger partial charge in [0.25, 0.3) is 0 Å². The Bertz CT molecular complexity index is 533. The first-order chi connectivity index (χ1) is 9.50. The number of nitrogens with one attached hydrogen (secondary N) is 1. The van der Waals surface area contributed by atoms with Crippen molar-refractivity contribution in [3.8, 4) is 0 Å². The number of rotatable bonds is 4. The van der Waals surface area contributed by atoms with Gasteiger partial charge in [0.15, 0.2) is 0 Å². The molecule has 9 heteroatoms. The minimum Gasteiger partial charge on any atom is -0.353 e. The first-order valence-electron chi connectivity index (χ1n) is 6.21. The number of halogens is 1. The molecule has 0 aliphatic carbocycles. The number of nitrogens with zero attached hydrogens (tertiary/aromatic N) is 4. The number of likely N-dealkylation sites (tertiary alicyclic amines) is 1. The molecular weight excluding hydrogens is 286 g/mol. The van der Waals surface area contributed by atoms with Gasteiger partial charge in [-0.05, 0) is 19.8 Å². The molecule has 0 bridgehead atoms. The normalized spacial score (nSPS) is 16.0. The van der Waals surface area contributed by atoms with Crippen LogP contribution in [0.3, 0.4) is 0 Å². The molecule has 0 radical (unpaired) electrons. The van der Waals surface area contributed by atoms with Crippen LogP contribution < -0.4 is 5.32 Å². The molecule has 1 aromatic heterocycles. The maximum Gasteiger partial charge on any atom is 0.348 e. The van der Waals surface area contributed by atoms with E-state index in [0.717, 1.165) is 32.3 Å². The largest absolute Gasteiger partial charge is 0.353 e. The fraction of sp³-hybridized carbons (Fsp3) is 0.545. The van der Waals surface area contributed by atoms with E-state index in [0.29, 0.717) is 0 Å². The average molecular weight is 300 g/mol. The molecule has 1 atom stereocenters. The van der Waals surface area contributed by atoms with Crippen LogP contribution in [-0.2, 0) is 4.79 Å². The molecule has 1 aromatic rings. The first kappa shape index (κ1) is 14.4. The highest BCUT2D eigenvalue weighted by Crippen LogP contribution is 2.28. The van der Waals surface area contributed by atoms with Crippen LogP contribution in [-0.4, -0.2) is 44.8 Å². The van der Waals surface area contributed by atoms with Crippen molar-refractivity contribution in [1.29, 1.82) is 0 Å². The lowest BCUT2D eigenvalue weighted by Crippen LogP contribution is -2.39. The van der Waals surface area contributed by atoms with Crippen LogP contribution in [0.4, 0.5) is 11.5 Å². The summed E-state index contributed by atoms with van der Waals surface area (Å²) in [6.07, 6.45) is 3.08. The molecule has 2 rings (SSSR count). The Morgan fingerprint density at radius 2 is 2.15 bits per heavy atom. The summed E-state index contributed by atoms with van der Waals surface area (Å²) >= 11 is 5.69. The van der Waals surface area contributed by atoms with Crippen molar-refractivity contribution in [1.82, 2.24) is 14.9 Å². The fourth-order valence-electron chi connectivity index (χ4n) is 2.10. The van der Waals surface area contributed by atoms with E-state index in [-0.39, 0.29) is 16.9 Å². The Hall–Kier alpha value is -1.96. The Balaban J connectivity index is 2.15. The SMILES string of the molecule is CC(Nc1ncnc(Cl)c1[N+](=O)[O-])C(=O)N1CCCC1. The van der Waals surface area contributed by atoms with E-state index in [4.69, 9.17) is 11.6 Å². The zero-order valence-electron chi connectivity index (χ0n) is 10.9. The highest BCUT2D eigenvalue weighted by atomic mass is 35.5. The standard InChI is InChI=1S/C11H14ClN5O3/c1-7(11(18)16-4-2-3-5-16)15-10-8(17(19)20)9(12)13-6-14-10/h6-7H,2-5H2,1H3,(H,13,14,15). The number of nitro groups is 1. The minimum atomic E-state index is -0.669. The summed E-state index contributed by atoms with van der Waals surface area (Å²) in [6.45, 7) is 3.08. The smallest absolute Gasteiger partial charge is 0.348 e. The third-order valence-corrected chi connectivity index (χ3v) is 3.38. The van der Waals surface area contributed by atoms with Crippen molar-refractivity contribution in [2.45, 2.75) is 25.8 Å². The summed E-state index contributed by atoms with van der Waals surface area (Å²) in [5.74, 6) is -0.151. The topological polar surface area (TPSA) is 101 Å². The van der Waals surface area contributed by atoms with Crippen LogP contribution in [0, 0.1) is 10.1 Å². The lowest BCUT2D eigenvalue weighted by molar-refractivity contribution is -0.384. The molecule has 1 aliphatic heterocycles. The average Bonchev–Trinajstić information content (AvgIpc) is 2.91. The quantitative estimate of drug-likeness (QED) is 0.513. The lowest BCUT2D eigenvalue weighted by atomic mass is 10.3. The highest BCUT2D eigenvalue weighted by Gasteiger charge is 2.27. The molecule has 0 aromatic carbocycles. The van der Waals surface area contributed by atoms with Gasteiger partial charge in [-0.25, -0.2) is 9.97 Å². The molecule has 1 aliphatic rings. The van der Waals surface area contributed by atoms with E-state index in [1.54, 1.807) is 11.8 Å². The second kappa shape index (κ2) is 6.00. The van der Waals surface area contributed by atoms with Gasteiger partial charge >= 0.3 is 5.69 Å². The molecule has 20 heavy (non-hydrogen) atoms. The second-order valence-corrected chi connectivity index (χ2v) is 4.88. The van der Waals surface area contributed by atoms with E-state index in [1.165, 1.54) is 0 Å². The van der Waals surface area contributed by atoms with E-state index < -0.39 is 16.7 Å². The number of amides is 1. The molecule has 1 amide bonds. The maximum absolute atomic E-state index is 12.1. The van der Waals surface area contributed by atoms with Crippen molar-refractivity contribution < 1.29 is 9.72 Å². The van der Waals surface area contributed by atoms with Gasteiger partial charge in [-0.1, -0.05) is 11.6 Å². The molecule has 108 valence electrons. The molecule has 2 heterocycles. The summed E-state index contributed by atoms with van der Waals surface area (Å²) in [7, 11) is 0. The Morgan fingerprint density at radius 1 is 1.50 bits per heavy atom. The lowest BCUT2D eigenvalue weighted by Gasteiger charge is -2.21. The predicted octanol–water partition coefficient (Wildman–Crippen LogP) is 1.46. The summed E-state index contributed by atoms with van der Waals surface area (Å²) in [5.41, 5.74) is -0.421. The third-order valence-electron chi connectivity index (χ3n) is 3.10. The zero-order chi connectivity index (χ0) is 14.7. The van der Waals surface area contributed by atoms with Crippen LogP contribution in [0.25, 0.3) is 0 Å². The number of carbonyl (C=O) groups excluding carboxylic acids is 1. The molecule has 1 fully saturated rings. The number of hydrogen-bond acceptors (Lipinski definition) is 6. The Labute approximate surface area is 120 Å². The first-order valence-corrected chi connectivity index (χ1v) is 6.58. The van der Waals surface area contributed by atoms with Crippen molar-refractivity contribution in [2.24, 2.45) is 0 Å². The van der Waals surface area contributed by atoms with Gasteiger partial charge in [-0.2, -0.15) is 0 Å². The van der Waals surface area contributed by atoms with Crippen molar-refractivity contribution in [3.63, 3.8) is 0 Å². The second-order valence-electron chi connectivity index (χ2n) is 4.52. The van der Waals surface area contributed by atoms with Gasteiger partial charge in [0.1, 0.15) is 12.4 Å². The predicted molar refractivity (Wildman–Crippen MR) is 72.6 cm³/mol. The van der Waals surface area contributed by atoms with Crippen LogP contribution in [0.5, 0.6) is 0 Å². The third kappa shape index (κ3) is 2.96. The van der Waals surface area contributed by atoms with Crippen LogP contribution >= 0.6 is 11.6 Å². The van der Waals surface area contributed by atoms with Crippen molar-refractivity contribution in [2.75, 3.05) is 18.4 Å². The van der Waals surface area contributed by atoms with Gasteiger partial charge in [-0.3, -0.25) is 14.9 Å². The van der Waals surface area contributed by atoms with Crippen LogP contribution in [0.2, 0.25) is 5.15 Å². The summed E-state index contributed by atoms with van der Waals surface area (Å²) < 4.78 is 0. The highest BCUT2D eigenvalue weighted by molar-refractivity contribution is 6.31. The van der Waals surface area contributed by atoms with Crippen LogP contribution in [0.1, 0.15) is 19.8 Å². The maximum atomic E-state index is 12.1. The fourth-order valence-corrected chi connectivity index (χ4v) is 2.31. The monoisotopic (exact) mass is 299 g/mol. The van der Waals surface area contributed by atoms with Crippen LogP contribution in [0.15, 0.2) is 6.33 Å². The summed E-state index contributed by atoms with van der Waals surface area (Å²) in [4.78, 5) is 31.5. The number of anilines is 1. The molecule has 0 saturated carbocycles. The molecule has 1 N–H and O–H groups in total. The van der Waals surface area contributed by atoms with Gasteiger partial charge in [-0.15, -0.1) is 0 Å². The summed E-state index contributed by atoms with van der Waals surface area (Å²) in [5, 5.41) is 13.4. The van der Waals surface area contributed by atoms with Gasteiger partial charge in [0, 0.05) is 13.1 Å². The van der Waals surface area contributed by atoms with Gasteiger partial charge in [0.05, 0.1) is 4.92 Å². The minimum absolute atomic E-state index is 0.0463. The molecule has 0 spiro atoms. The molecule has 1 unspecified atom stereocenters. The Morgan fingerprint density at radius 3 is 2.75 bits per heavy atom. The number of carbonyl (C=O) groups is 1.